The molecule has 1 atom stereocenters. The zero-order chi connectivity index (χ0) is 17.2. The molecule has 6 nitrogen and oxygen atoms in total. The zero-order valence-corrected chi connectivity index (χ0v) is 14.6. The molecule has 130 valence electrons. The third kappa shape index (κ3) is 3.49. The van der Waals surface area contributed by atoms with Gasteiger partial charge >= 0.3 is 0 Å². The number of fused-ring (bicyclic) bond motifs is 1. The minimum atomic E-state index is -0.741. The lowest BCUT2D eigenvalue weighted by atomic mass is 9.87. The molecule has 3 aliphatic rings. The van der Waals surface area contributed by atoms with Gasteiger partial charge in [-0.25, -0.2) is 4.39 Å². The number of hydrogen-bond donors (Lipinski definition) is 1. The van der Waals surface area contributed by atoms with Gasteiger partial charge in [-0.1, -0.05) is 6.58 Å². The van der Waals surface area contributed by atoms with Gasteiger partial charge in [-0.2, -0.15) is 5.10 Å². The lowest BCUT2D eigenvalue weighted by Gasteiger charge is -2.37. The van der Waals surface area contributed by atoms with Crippen molar-refractivity contribution >= 4 is 28.8 Å². The summed E-state index contributed by atoms with van der Waals surface area (Å²) in [6, 6.07) is 0. The van der Waals surface area contributed by atoms with Crippen molar-refractivity contribution in [3.05, 3.63) is 24.8 Å². The van der Waals surface area contributed by atoms with Crippen molar-refractivity contribution < 1.29 is 9.13 Å². The molecule has 0 spiro atoms. The van der Waals surface area contributed by atoms with Gasteiger partial charge in [-0.15, -0.1) is 0 Å². The Labute approximate surface area is 146 Å². The Morgan fingerprint density at radius 3 is 2.96 bits per heavy atom. The predicted molar refractivity (Wildman–Crippen MR) is 96.7 cm³/mol. The van der Waals surface area contributed by atoms with Gasteiger partial charge in [0, 0.05) is 39.0 Å². The monoisotopic (exact) mass is 351 g/mol. The van der Waals surface area contributed by atoms with Crippen molar-refractivity contribution in [2.75, 3.05) is 32.8 Å². The molecule has 24 heavy (non-hydrogen) atoms. The highest BCUT2D eigenvalue weighted by Crippen LogP contribution is 2.31. The summed E-state index contributed by atoms with van der Waals surface area (Å²) < 4.78 is 19.3. The van der Waals surface area contributed by atoms with E-state index in [4.69, 9.17) is 17.0 Å². The summed E-state index contributed by atoms with van der Waals surface area (Å²) in [5, 5.41) is 5.03. The number of piperazine rings is 1. The quantitative estimate of drug-likeness (QED) is 0.607. The van der Waals surface area contributed by atoms with Crippen LogP contribution < -0.4 is 5.43 Å². The third-order valence-corrected chi connectivity index (χ3v) is 4.87. The van der Waals surface area contributed by atoms with Crippen LogP contribution in [0.25, 0.3) is 0 Å². The number of nitrogens with one attached hydrogen (secondary N) is 1. The fourth-order valence-electron chi connectivity index (χ4n) is 3.12. The van der Waals surface area contributed by atoms with E-state index in [1.165, 1.54) is 6.20 Å². The fraction of sp³-hybridized carbons (Fsp3) is 0.562. The van der Waals surface area contributed by atoms with Crippen LogP contribution in [0.4, 0.5) is 4.39 Å². The van der Waals surface area contributed by atoms with Crippen molar-refractivity contribution in [3.8, 4) is 0 Å². The van der Waals surface area contributed by atoms with E-state index in [2.05, 4.69) is 31.9 Å². The second-order valence-corrected chi connectivity index (χ2v) is 6.63. The minimum absolute atomic E-state index is 0.193. The van der Waals surface area contributed by atoms with Crippen molar-refractivity contribution in [2.45, 2.75) is 25.4 Å². The van der Waals surface area contributed by atoms with Gasteiger partial charge in [0.1, 0.15) is 11.4 Å². The lowest BCUT2D eigenvalue weighted by Crippen LogP contribution is -2.51. The van der Waals surface area contributed by atoms with Crippen LogP contribution in [0.5, 0.6) is 0 Å². The summed E-state index contributed by atoms with van der Waals surface area (Å²) in [7, 11) is 0. The first-order chi connectivity index (χ1) is 11.5. The third-order valence-electron chi connectivity index (χ3n) is 4.52. The molecule has 2 saturated heterocycles. The Balaban J connectivity index is 1.65. The summed E-state index contributed by atoms with van der Waals surface area (Å²) in [5.41, 5.74) is 3.69. The Kier molecular flexibility index (Phi) is 4.96. The van der Waals surface area contributed by atoms with Gasteiger partial charge in [0.05, 0.1) is 24.2 Å². The molecular formula is C16H22FN5OS. The molecule has 0 aromatic rings. The zero-order valence-electron chi connectivity index (χ0n) is 13.8. The highest BCUT2D eigenvalue weighted by molar-refractivity contribution is 7.80. The van der Waals surface area contributed by atoms with E-state index < -0.39 is 5.60 Å². The number of ether oxygens (including phenoxy) is 1. The SMILES string of the molecule is C=CN1CCN(C(=S)N/N=C2/CCOC3(C)CC(F)=CN=C23)CC1. The van der Waals surface area contributed by atoms with Crippen LogP contribution in [0.3, 0.4) is 0 Å². The Morgan fingerprint density at radius 2 is 2.25 bits per heavy atom. The van der Waals surface area contributed by atoms with E-state index in [-0.39, 0.29) is 12.2 Å². The summed E-state index contributed by atoms with van der Waals surface area (Å²) >= 11 is 5.43. The van der Waals surface area contributed by atoms with E-state index in [0.29, 0.717) is 23.9 Å². The van der Waals surface area contributed by atoms with Crippen molar-refractivity contribution in [3.63, 3.8) is 0 Å². The minimum Gasteiger partial charge on any atom is -0.374 e. The first-order valence-electron chi connectivity index (χ1n) is 8.07. The van der Waals surface area contributed by atoms with Crippen LogP contribution >= 0.6 is 12.2 Å². The molecule has 8 heteroatoms. The largest absolute Gasteiger partial charge is 0.374 e. The number of nitrogens with zero attached hydrogens (tertiary/aromatic N) is 4. The van der Waals surface area contributed by atoms with Crippen molar-refractivity contribution in [2.24, 2.45) is 10.1 Å². The standard InChI is InChI=1S/C16H22FN5OS/c1-3-21-5-7-22(8-6-21)15(24)20-19-13-4-9-23-16(2)10-12(17)11-18-14(13)16/h3,11H,1,4-10H2,2H3,(H,20,24)/b19-13-. The normalized spacial score (nSPS) is 28.8. The average molecular weight is 351 g/mol. The number of rotatable bonds is 2. The first-order valence-corrected chi connectivity index (χ1v) is 8.48. The van der Waals surface area contributed by atoms with Gasteiger partial charge in [0.2, 0.25) is 0 Å². The lowest BCUT2D eigenvalue weighted by molar-refractivity contribution is 0.0162. The molecule has 0 amide bonds. The molecule has 0 bridgehead atoms. The second-order valence-electron chi connectivity index (χ2n) is 6.24. The number of hydrogen-bond acceptors (Lipinski definition) is 5. The van der Waals surface area contributed by atoms with E-state index in [1.807, 2.05) is 13.1 Å². The number of hydrazone groups is 1. The van der Waals surface area contributed by atoms with E-state index >= 15 is 0 Å². The molecule has 0 saturated carbocycles. The van der Waals surface area contributed by atoms with Crippen LogP contribution in [0.15, 0.2) is 34.9 Å². The van der Waals surface area contributed by atoms with Gasteiger partial charge in [0.15, 0.2) is 5.11 Å². The van der Waals surface area contributed by atoms with Gasteiger partial charge in [-0.3, -0.25) is 10.4 Å². The highest BCUT2D eigenvalue weighted by Gasteiger charge is 2.41. The van der Waals surface area contributed by atoms with Crippen LogP contribution in [0.2, 0.25) is 0 Å². The smallest absolute Gasteiger partial charge is 0.189 e. The molecule has 1 unspecified atom stereocenters. The second kappa shape index (κ2) is 6.98. The summed E-state index contributed by atoms with van der Waals surface area (Å²) in [5.74, 6) is -0.272. The van der Waals surface area contributed by atoms with E-state index in [1.54, 1.807) is 0 Å². The molecule has 0 aliphatic carbocycles. The molecule has 1 N–H and O–H groups in total. The fourth-order valence-corrected chi connectivity index (χ4v) is 3.34. The van der Waals surface area contributed by atoms with E-state index in [9.17, 15) is 4.39 Å². The summed E-state index contributed by atoms with van der Waals surface area (Å²) in [6.07, 6.45) is 3.92. The van der Waals surface area contributed by atoms with Gasteiger partial charge < -0.3 is 14.5 Å². The maximum Gasteiger partial charge on any atom is 0.189 e. The topological polar surface area (TPSA) is 52.5 Å². The average Bonchev–Trinajstić information content (AvgIpc) is 2.58. The molecule has 3 aliphatic heterocycles. The number of aliphatic imine (C=N–C) groups is 1. The Bertz CT molecular complexity index is 624. The van der Waals surface area contributed by atoms with Gasteiger partial charge in [0.25, 0.3) is 0 Å². The maximum absolute atomic E-state index is 13.5. The van der Waals surface area contributed by atoms with Crippen LogP contribution in [0, 0.1) is 0 Å². The van der Waals surface area contributed by atoms with E-state index in [0.717, 1.165) is 31.9 Å². The molecule has 3 heterocycles. The maximum atomic E-state index is 13.5. The first kappa shape index (κ1) is 17.0. The van der Waals surface area contributed by atoms with Crippen molar-refractivity contribution in [1.82, 2.24) is 15.2 Å². The van der Waals surface area contributed by atoms with Crippen LogP contribution in [0.1, 0.15) is 19.8 Å². The van der Waals surface area contributed by atoms with Gasteiger partial charge in [-0.05, 0) is 25.3 Å². The van der Waals surface area contributed by atoms with Crippen LogP contribution in [-0.4, -0.2) is 64.7 Å². The molecule has 3 rings (SSSR count). The molecule has 2 fully saturated rings. The predicted octanol–water partition coefficient (Wildman–Crippen LogP) is 1.81. The number of halogens is 1. The Morgan fingerprint density at radius 1 is 1.50 bits per heavy atom. The molecule has 0 aromatic heterocycles. The molecular weight excluding hydrogens is 329 g/mol. The molecule has 0 aromatic carbocycles. The number of thiocarbonyl (C=S) groups is 1. The highest BCUT2D eigenvalue weighted by atomic mass is 32.1. The summed E-state index contributed by atoms with van der Waals surface area (Å²) in [4.78, 5) is 8.45. The van der Waals surface area contributed by atoms with Crippen LogP contribution in [-0.2, 0) is 4.74 Å². The Hall–Kier alpha value is -1.80. The van der Waals surface area contributed by atoms with Crippen molar-refractivity contribution in [1.29, 1.82) is 0 Å². The molecule has 0 radical (unpaired) electrons. The summed E-state index contributed by atoms with van der Waals surface area (Å²) in [6.45, 7) is 9.57.